The molecule has 0 radical (unpaired) electrons. The Hall–Kier alpha value is -1.86. The third kappa shape index (κ3) is 5.35. The SMILES string of the molecule is COCCN(C(N)=O)C(C)Cc1ccc(N2CCN(C3CCCC3)CC2)nc1. The molecular weight excluding hydrogens is 354 g/mol. The Morgan fingerprint density at radius 3 is 2.57 bits per heavy atom. The number of aromatic nitrogens is 1. The first-order valence-corrected chi connectivity index (χ1v) is 10.6. The van der Waals surface area contributed by atoms with Gasteiger partial charge in [-0.2, -0.15) is 0 Å². The molecule has 1 aromatic rings. The first-order valence-electron chi connectivity index (χ1n) is 10.6. The Labute approximate surface area is 168 Å². The van der Waals surface area contributed by atoms with Gasteiger partial charge in [-0.1, -0.05) is 18.9 Å². The molecule has 1 aliphatic heterocycles. The van der Waals surface area contributed by atoms with E-state index in [2.05, 4.69) is 21.9 Å². The summed E-state index contributed by atoms with van der Waals surface area (Å²) < 4.78 is 5.07. The maximum absolute atomic E-state index is 11.7. The molecule has 28 heavy (non-hydrogen) atoms. The summed E-state index contributed by atoms with van der Waals surface area (Å²) >= 11 is 0. The zero-order valence-electron chi connectivity index (χ0n) is 17.3. The molecule has 1 aromatic heterocycles. The van der Waals surface area contributed by atoms with Gasteiger partial charge in [0.2, 0.25) is 0 Å². The topological polar surface area (TPSA) is 74.9 Å². The van der Waals surface area contributed by atoms with Crippen LogP contribution in [-0.4, -0.2) is 79.3 Å². The summed E-state index contributed by atoms with van der Waals surface area (Å²) in [6, 6.07) is 4.64. The zero-order valence-corrected chi connectivity index (χ0v) is 17.3. The standard InChI is InChI=1S/C21H35N5O2/c1-17(26(21(22)27)13-14-28-2)15-18-7-8-20(23-16-18)25-11-9-24(10-12-25)19-5-3-4-6-19/h7-8,16-17,19H,3-6,9-15H2,1-2H3,(H2,22,27). The number of primary amides is 1. The molecule has 0 bridgehead atoms. The van der Waals surface area contributed by atoms with E-state index in [1.54, 1.807) is 12.0 Å². The highest BCUT2D eigenvalue weighted by Crippen LogP contribution is 2.25. The van der Waals surface area contributed by atoms with E-state index < -0.39 is 6.03 Å². The molecule has 1 saturated heterocycles. The summed E-state index contributed by atoms with van der Waals surface area (Å²) in [5.41, 5.74) is 6.63. The Morgan fingerprint density at radius 1 is 1.29 bits per heavy atom. The summed E-state index contributed by atoms with van der Waals surface area (Å²) in [5.74, 6) is 1.05. The van der Waals surface area contributed by atoms with Gasteiger partial charge < -0.3 is 20.3 Å². The first-order chi connectivity index (χ1) is 13.6. The van der Waals surface area contributed by atoms with Crippen molar-refractivity contribution in [1.29, 1.82) is 0 Å². The Balaban J connectivity index is 1.51. The second-order valence-electron chi connectivity index (χ2n) is 8.06. The van der Waals surface area contributed by atoms with Gasteiger partial charge in [0.25, 0.3) is 0 Å². The van der Waals surface area contributed by atoms with Gasteiger partial charge >= 0.3 is 6.03 Å². The molecule has 2 aliphatic rings. The van der Waals surface area contributed by atoms with Gasteiger partial charge in [-0.25, -0.2) is 9.78 Å². The zero-order chi connectivity index (χ0) is 19.9. The van der Waals surface area contributed by atoms with Gasteiger partial charge in [-0.15, -0.1) is 0 Å². The average molecular weight is 390 g/mol. The predicted molar refractivity (Wildman–Crippen MR) is 112 cm³/mol. The number of methoxy groups -OCH3 is 1. The van der Waals surface area contributed by atoms with E-state index in [4.69, 9.17) is 15.5 Å². The minimum atomic E-state index is -0.408. The molecule has 1 atom stereocenters. The Kier molecular flexibility index (Phi) is 7.50. The lowest BCUT2D eigenvalue weighted by atomic mass is 10.1. The van der Waals surface area contributed by atoms with Crippen LogP contribution in [0.1, 0.15) is 38.2 Å². The van der Waals surface area contributed by atoms with Gasteiger partial charge in [0.1, 0.15) is 5.82 Å². The quantitative estimate of drug-likeness (QED) is 0.737. The fourth-order valence-electron chi connectivity index (χ4n) is 4.50. The van der Waals surface area contributed by atoms with Crippen molar-refractivity contribution in [3.8, 4) is 0 Å². The number of nitrogens with zero attached hydrogens (tertiary/aromatic N) is 4. The van der Waals surface area contributed by atoms with Crippen LogP contribution in [0.2, 0.25) is 0 Å². The third-order valence-corrected chi connectivity index (χ3v) is 6.17. The van der Waals surface area contributed by atoms with E-state index in [1.807, 2.05) is 13.1 Å². The van der Waals surface area contributed by atoms with E-state index in [1.165, 1.54) is 25.7 Å². The number of amides is 2. The van der Waals surface area contributed by atoms with E-state index >= 15 is 0 Å². The first kappa shape index (κ1) is 20.9. The molecule has 1 saturated carbocycles. The van der Waals surface area contributed by atoms with Crippen molar-refractivity contribution in [3.63, 3.8) is 0 Å². The molecule has 7 nitrogen and oxygen atoms in total. The number of pyridine rings is 1. The number of piperazine rings is 1. The van der Waals surface area contributed by atoms with Gasteiger partial charge in [0, 0.05) is 58.1 Å². The molecule has 1 unspecified atom stereocenters. The lowest BCUT2D eigenvalue weighted by Gasteiger charge is -2.38. The summed E-state index contributed by atoms with van der Waals surface area (Å²) in [5, 5.41) is 0. The molecule has 156 valence electrons. The number of carbonyl (C=O) groups is 1. The maximum Gasteiger partial charge on any atom is 0.315 e. The smallest absolute Gasteiger partial charge is 0.315 e. The summed E-state index contributed by atoms with van der Waals surface area (Å²) in [7, 11) is 1.63. The maximum atomic E-state index is 11.7. The van der Waals surface area contributed by atoms with Crippen molar-refractivity contribution in [2.45, 2.75) is 51.1 Å². The highest BCUT2D eigenvalue weighted by molar-refractivity contribution is 5.72. The van der Waals surface area contributed by atoms with Gasteiger partial charge in [0.05, 0.1) is 6.61 Å². The molecule has 2 amide bonds. The van der Waals surface area contributed by atoms with E-state index in [-0.39, 0.29) is 6.04 Å². The number of carbonyl (C=O) groups excluding carboxylic acids is 1. The Morgan fingerprint density at radius 2 is 2.00 bits per heavy atom. The minimum Gasteiger partial charge on any atom is -0.383 e. The number of hydrogen-bond donors (Lipinski definition) is 1. The number of hydrogen-bond acceptors (Lipinski definition) is 5. The van der Waals surface area contributed by atoms with Gasteiger partial charge in [0.15, 0.2) is 0 Å². The number of anilines is 1. The van der Waals surface area contributed by atoms with Crippen LogP contribution in [0.5, 0.6) is 0 Å². The normalized spacial score (nSPS) is 19.7. The number of urea groups is 1. The molecular formula is C21H35N5O2. The van der Waals surface area contributed by atoms with E-state index in [0.717, 1.165) is 50.0 Å². The number of nitrogens with two attached hydrogens (primary N) is 1. The molecule has 0 aromatic carbocycles. The third-order valence-electron chi connectivity index (χ3n) is 6.17. The van der Waals surface area contributed by atoms with E-state index in [0.29, 0.717) is 13.2 Å². The van der Waals surface area contributed by atoms with Crippen molar-refractivity contribution in [3.05, 3.63) is 23.9 Å². The van der Waals surface area contributed by atoms with Gasteiger partial charge in [-0.3, -0.25) is 4.90 Å². The van der Waals surface area contributed by atoms with Crippen LogP contribution in [0.15, 0.2) is 18.3 Å². The highest BCUT2D eigenvalue weighted by Gasteiger charge is 2.26. The van der Waals surface area contributed by atoms with Crippen LogP contribution in [0, 0.1) is 0 Å². The molecule has 1 aliphatic carbocycles. The summed E-state index contributed by atoms with van der Waals surface area (Å²) in [6.45, 7) is 7.37. The monoisotopic (exact) mass is 389 g/mol. The minimum absolute atomic E-state index is 0.00950. The number of ether oxygens (including phenoxy) is 1. The molecule has 2 heterocycles. The lowest BCUT2D eigenvalue weighted by molar-refractivity contribution is 0.137. The van der Waals surface area contributed by atoms with Crippen LogP contribution in [0.25, 0.3) is 0 Å². The average Bonchev–Trinajstić information content (AvgIpc) is 3.24. The Bertz CT molecular complexity index is 610. The van der Waals surface area contributed by atoms with Crippen molar-refractivity contribution in [2.75, 3.05) is 51.3 Å². The fraction of sp³-hybridized carbons (Fsp3) is 0.714. The molecule has 7 heteroatoms. The largest absolute Gasteiger partial charge is 0.383 e. The summed E-state index contributed by atoms with van der Waals surface area (Å²) in [6.07, 6.45) is 8.20. The molecule has 0 spiro atoms. The van der Waals surface area contributed by atoms with Crippen molar-refractivity contribution >= 4 is 11.8 Å². The fourth-order valence-corrected chi connectivity index (χ4v) is 4.50. The second-order valence-corrected chi connectivity index (χ2v) is 8.06. The second kappa shape index (κ2) is 10.1. The van der Waals surface area contributed by atoms with Crippen molar-refractivity contribution in [2.24, 2.45) is 5.73 Å². The van der Waals surface area contributed by atoms with E-state index in [9.17, 15) is 4.79 Å². The van der Waals surface area contributed by atoms with Crippen LogP contribution in [0.3, 0.4) is 0 Å². The van der Waals surface area contributed by atoms with Gasteiger partial charge in [-0.05, 0) is 37.8 Å². The van der Waals surface area contributed by atoms with Crippen LogP contribution in [-0.2, 0) is 11.2 Å². The molecule has 3 rings (SSSR count). The van der Waals surface area contributed by atoms with Crippen LogP contribution in [0.4, 0.5) is 10.6 Å². The van der Waals surface area contributed by atoms with Crippen LogP contribution < -0.4 is 10.6 Å². The molecule has 2 fully saturated rings. The predicted octanol–water partition coefficient (Wildman–Crippen LogP) is 2.10. The van der Waals surface area contributed by atoms with Crippen molar-refractivity contribution < 1.29 is 9.53 Å². The lowest BCUT2D eigenvalue weighted by Crippen LogP contribution is -2.50. The van der Waals surface area contributed by atoms with Crippen molar-refractivity contribution in [1.82, 2.24) is 14.8 Å². The summed E-state index contributed by atoms with van der Waals surface area (Å²) in [4.78, 5) is 23.1. The highest BCUT2D eigenvalue weighted by atomic mass is 16.5. The van der Waals surface area contributed by atoms with Crippen LogP contribution >= 0.6 is 0 Å². The number of rotatable bonds is 8. The molecule has 2 N–H and O–H groups in total.